The Morgan fingerprint density at radius 1 is 1.69 bits per heavy atom. The SMILES string of the molecule is NC(CCNCC1CCOC1)=NO. The van der Waals surface area contributed by atoms with Crippen LogP contribution in [0.25, 0.3) is 0 Å². The second kappa shape index (κ2) is 5.77. The summed E-state index contributed by atoms with van der Waals surface area (Å²) in [7, 11) is 0. The van der Waals surface area contributed by atoms with Crippen molar-refractivity contribution in [1.82, 2.24) is 5.32 Å². The van der Waals surface area contributed by atoms with Gasteiger partial charge in [-0.1, -0.05) is 5.16 Å². The number of nitrogens with two attached hydrogens (primary N) is 1. The second-order valence-corrected chi connectivity index (χ2v) is 3.28. The molecule has 0 aliphatic carbocycles. The molecule has 1 rings (SSSR count). The Labute approximate surface area is 77.9 Å². The fourth-order valence-corrected chi connectivity index (χ4v) is 1.32. The van der Waals surface area contributed by atoms with Crippen LogP contribution >= 0.6 is 0 Å². The van der Waals surface area contributed by atoms with Crippen LogP contribution in [0.3, 0.4) is 0 Å². The Balaban J connectivity index is 1.94. The van der Waals surface area contributed by atoms with Crippen molar-refractivity contribution in [3.05, 3.63) is 0 Å². The predicted octanol–water partition coefficient (Wildman–Crippen LogP) is -0.251. The molecule has 76 valence electrons. The van der Waals surface area contributed by atoms with E-state index in [4.69, 9.17) is 15.7 Å². The normalized spacial score (nSPS) is 23.7. The van der Waals surface area contributed by atoms with E-state index in [1.165, 1.54) is 0 Å². The summed E-state index contributed by atoms with van der Waals surface area (Å²) in [5.41, 5.74) is 5.30. The molecule has 0 radical (unpaired) electrons. The summed E-state index contributed by atoms with van der Waals surface area (Å²) < 4.78 is 5.23. The molecule has 1 aliphatic heterocycles. The van der Waals surface area contributed by atoms with Gasteiger partial charge in [0.05, 0.1) is 6.61 Å². The van der Waals surface area contributed by atoms with Crippen molar-refractivity contribution in [3.63, 3.8) is 0 Å². The lowest BCUT2D eigenvalue weighted by Crippen LogP contribution is -2.27. The van der Waals surface area contributed by atoms with Gasteiger partial charge < -0.3 is 21.0 Å². The standard InChI is InChI=1S/C8H17N3O2/c9-8(11-12)1-3-10-5-7-2-4-13-6-7/h7,10,12H,1-6H2,(H2,9,11). The van der Waals surface area contributed by atoms with Gasteiger partial charge in [-0.05, 0) is 12.3 Å². The van der Waals surface area contributed by atoms with E-state index in [-0.39, 0.29) is 5.84 Å². The Hall–Kier alpha value is -0.810. The van der Waals surface area contributed by atoms with Crippen molar-refractivity contribution in [1.29, 1.82) is 0 Å². The maximum atomic E-state index is 8.26. The molecule has 1 fully saturated rings. The summed E-state index contributed by atoms with van der Waals surface area (Å²) in [6, 6.07) is 0. The molecule has 0 amide bonds. The number of hydrogen-bond acceptors (Lipinski definition) is 4. The maximum absolute atomic E-state index is 8.26. The highest BCUT2D eigenvalue weighted by molar-refractivity contribution is 5.79. The number of hydrogen-bond donors (Lipinski definition) is 3. The maximum Gasteiger partial charge on any atom is 0.140 e. The second-order valence-electron chi connectivity index (χ2n) is 3.28. The number of amidine groups is 1. The molecule has 5 nitrogen and oxygen atoms in total. The topological polar surface area (TPSA) is 79.9 Å². The molecule has 4 N–H and O–H groups in total. The van der Waals surface area contributed by atoms with Crippen LogP contribution in [0.2, 0.25) is 0 Å². The van der Waals surface area contributed by atoms with Crippen molar-refractivity contribution in [3.8, 4) is 0 Å². The average molecular weight is 187 g/mol. The number of rotatable bonds is 5. The minimum Gasteiger partial charge on any atom is -0.409 e. The fraction of sp³-hybridized carbons (Fsp3) is 0.875. The Morgan fingerprint density at radius 2 is 2.54 bits per heavy atom. The molecule has 0 spiro atoms. The summed E-state index contributed by atoms with van der Waals surface area (Å²) in [6.45, 7) is 3.45. The van der Waals surface area contributed by atoms with Gasteiger partial charge in [0.15, 0.2) is 0 Å². The number of nitrogens with zero attached hydrogens (tertiary/aromatic N) is 1. The molecule has 0 aromatic carbocycles. The van der Waals surface area contributed by atoms with Gasteiger partial charge in [-0.2, -0.15) is 0 Å². The smallest absolute Gasteiger partial charge is 0.140 e. The van der Waals surface area contributed by atoms with Gasteiger partial charge in [0.25, 0.3) is 0 Å². The Kier molecular flexibility index (Phi) is 4.56. The lowest BCUT2D eigenvalue weighted by Gasteiger charge is -2.08. The van der Waals surface area contributed by atoms with Gasteiger partial charge >= 0.3 is 0 Å². The van der Waals surface area contributed by atoms with Crippen molar-refractivity contribution in [2.45, 2.75) is 12.8 Å². The molecule has 0 saturated carbocycles. The molecule has 1 aliphatic rings. The first-order valence-electron chi connectivity index (χ1n) is 4.58. The highest BCUT2D eigenvalue weighted by atomic mass is 16.5. The zero-order valence-electron chi connectivity index (χ0n) is 7.70. The summed E-state index contributed by atoms with van der Waals surface area (Å²) in [6.07, 6.45) is 1.72. The summed E-state index contributed by atoms with van der Waals surface area (Å²) in [5.74, 6) is 0.905. The molecular weight excluding hydrogens is 170 g/mol. The lowest BCUT2D eigenvalue weighted by molar-refractivity contribution is 0.185. The van der Waals surface area contributed by atoms with E-state index in [0.717, 1.165) is 32.7 Å². The molecule has 13 heavy (non-hydrogen) atoms. The quantitative estimate of drug-likeness (QED) is 0.182. The molecule has 1 heterocycles. The molecule has 0 aromatic heterocycles. The number of nitrogens with one attached hydrogen (secondary N) is 1. The van der Waals surface area contributed by atoms with E-state index in [1.54, 1.807) is 0 Å². The van der Waals surface area contributed by atoms with E-state index in [0.29, 0.717) is 12.3 Å². The van der Waals surface area contributed by atoms with Gasteiger partial charge in [0.1, 0.15) is 5.84 Å². The molecule has 0 aromatic rings. The average Bonchev–Trinajstić information content (AvgIpc) is 2.64. The first kappa shape index (κ1) is 10.3. The summed E-state index contributed by atoms with van der Waals surface area (Å²) >= 11 is 0. The van der Waals surface area contributed by atoms with Crippen LogP contribution in [0, 0.1) is 5.92 Å². The van der Waals surface area contributed by atoms with Gasteiger partial charge in [0, 0.05) is 26.1 Å². The van der Waals surface area contributed by atoms with E-state index >= 15 is 0 Å². The molecule has 0 bridgehead atoms. The van der Waals surface area contributed by atoms with Crippen LogP contribution in [0.15, 0.2) is 5.16 Å². The molecular formula is C8H17N3O2. The predicted molar refractivity (Wildman–Crippen MR) is 49.8 cm³/mol. The van der Waals surface area contributed by atoms with Crippen molar-refractivity contribution in [2.24, 2.45) is 16.8 Å². The zero-order valence-corrected chi connectivity index (χ0v) is 7.70. The van der Waals surface area contributed by atoms with Crippen LogP contribution in [0.5, 0.6) is 0 Å². The molecule has 1 unspecified atom stereocenters. The van der Waals surface area contributed by atoms with Crippen LogP contribution in [0.4, 0.5) is 0 Å². The van der Waals surface area contributed by atoms with E-state index in [9.17, 15) is 0 Å². The number of ether oxygens (including phenoxy) is 1. The largest absolute Gasteiger partial charge is 0.409 e. The van der Waals surface area contributed by atoms with Gasteiger partial charge in [-0.3, -0.25) is 0 Å². The fourth-order valence-electron chi connectivity index (χ4n) is 1.32. The van der Waals surface area contributed by atoms with Gasteiger partial charge in [-0.25, -0.2) is 0 Å². The first-order chi connectivity index (χ1) is 6.33. The summed E-state index contributed by atoms with van der Waals surface area (Å²) in [5, 5.41) is 14.4. The minimum absolute atomic E-state index is 0.273. The van der Waals surface area contributed by atoms with Crippen LogP contribution in [-0.2, 0) is 4.74 Å². The lowest BCUT2D eigenvalue weighted by atomic mass is 10.1. The van der Waals surface area contributed by atoms with Crippen LogP contribution in [-0.4, -0.2) is 37.3 Å². The van der Waals surface area contributed by atoms with Crippen molar-refractivity contribution >= 4 is 5.84 Å². The third kappa shape index (κ3) is 4.10. The first-order valence-corrected chi connectivity index (χ1v) is 4.58. The Bertz CT molecular complexity index is 167. The van der Waals surface area contributed by atoms with Crippen LogP contribution < -0.4 is 11.1 Å². The van der Waals surface area contributed by atoms with Gasteiger partial charge in [-0.15, -0.1) is 0 Å². The third-order valence-corrected chi connectivity index (χ3v) is 2.14. The minimum atomic E-state index is 0.273. The summed E-state index contributed by atoms with van der Waals surface area (Å²) in [4.78, 5) is 0. The van der Waals surface area contributed by atoms with Crippen LogP contribution in [0.1, 0.15) is 12.8 Å². The van der Waals surface area contributed by atoms with E-state index in [2.05, 4.69) is 10.5 Å². The Morgan fingerprint density at radius 3 is 3.15 bits per heavy atom. The van der Waals surface area contributed by atoms with E-state index in [1.807, 2.05) is 0 Å². The molecule has 1 saturated heterocycles. The monoisotopic (exact) mass is 187 g/mol. The highest BCUT2D eigenvalue weighted by Crippen LogP contribution is 2.10. The molecule has 1 atom stereocenters. The highest BCUT2D eigenvalue weighted by Gasteiger charge is 2.14. The van der Waals surface area contributed by atoms with Crippen molar-refractivity contribution < 1.29 is 9.94 Å². The third-order valence-electron chi connectivity index (χ3n) is 2.14. The van der Waals surface area contributed by atoms with Gasteiger partial charge in [0.2, 0.25) is 0 Å². The van der Waals surface area contributed by atoms with Crippen molar-refractivity contribution in [2.75, 3.05) is 26.3 Å². The number of oxime groups is 1. The van der Waals surface area contributed by atoms with E-state index < -0.39 is 0 Å². The zero-order chi connectivity index (χ0) is 9.52. The molecule has 5 heteroatoms.